The van der Waals surface area contributed by atoms with Crippen LogP contribution in [0.5, 0.6) is 0 Å². The molecule has 2 unspecified atom stereocenters. The lowest BCUT2D eigenvalue weighted by Gasteiger charge is -2.23. The van der Waals surface area contributed by atoms with Gasteiger partial charge in [0.15, 0.2) is 0 Å². The molecular weight excluding hydrogens is 322 g/mol. The molecule has 0 bridgehead atoms. The van der Waals surface area contributed by atoms with Crippen LogP contribution in [0.3, 0.4) is 0 Å². The molecule has 0 aromatic heterocycles. The SMILES string of the molecule is CCCCCC1CCN(C(=O)CC)CCC(CCCCC)SS1. The Morgan fingerprint density at radius 1 is 0.870 bits per heavy atom. The molecule has 0 aliphatic carbocycles. The van der Waals surface area contributed by atoms with Gasteiger partial charge in [0.05, 0.1) is 0 Å². The third-order valence-electron chi connectivity index (χ3n) is 4.68. The smallest absolute Gasteiger partial charge is 0.222 e. The minimum Gasteiger partial charge on any atom is -0.343 e. The minimum absolute atomic E-state index is 0.349. The van der Waals surface area contributed by atoms with Gasteiger partial charge >= 0.3 is 0 Å². The average Bonchev–Trinajstić information content (AvgIpc) is 2.66. The fourth-order valence-electron chi connectivity index (χ4n) is 3.07. The molecule has 1 fully saturated rings. The number of amides is 1. The molecule has 1 saturated heterocycles. The second-order valence-corrected chi connectivity index (χ2v) is 9.61. The van der Waals surface area contributed by atoms with Crippen molar-refractivity contribution in [3.05, 3.63) is 0 Å². The molecule has 1 aliphatic rings. The van der Waals surface area contributed by atoms with Gasteiger partial charge < -0.3 is 4.90 Å². The normalized spacial score (nSPS) is 23.2. The van der Waals surface area contributed by atoms with Crippen LogP contribution in [-0.2, 0) is 4.79 Å². The number of hydrogen-bond donors (Lipinski definition) is 0. The number of unbranched alkanes of at least 4 members (excludes halogenated alkanes) is 4. The van der Waals surface area contributed by atoms with Crippen LogP contribution in [-0.4, -0.2) is 34.4 Å². The molecule has 0 aromatic carbocycles. The summed E-state index contributed by atoms with van der Waals surface area (Å²) in [4.78, 5) is 14.3. The van der Waals surface area contributed by atoms with E-state index in [-0.39, 0.29) is 0 Å². The molecule has 0 N–H and O–H groups in total. The first kappa shape index (κ1) is 21.2. The summed E-state index contributed by atoms with van der Waals surface area (Å²) in [6, 6.07) is 0. The molecule has 0 aromatic rings. The van der Waals surface area contributed by atoms with E-state index >= 15 is 0 Å². The van der Waals surface area contributed by atoms with E-state index in [1.165, 1.54) is 64.2 Å². The predicted octanol–water partition coefficient (Wildman–Crippen LogP) is 6.30. The van der Waals surface area contributed by atoms with E-state index < -0.39 is 0 Å². The number of nitrogens with zero attached hydrogens (tertiary/aromatic N) is 1. The fourth-order valence-corrected chi connectivity index (χ4v) is 6.41. The van der Waals surface area contributed by atoms with Gasteiger partial charge in [-0.15, -0.1) is 0 Å². The first-order chi connectivity index (χ1) is 11.2. The number of hydrogen-bond acceptors (Lipinski definition) is 3. The van der Waals surface area contributed by atoms with Crippen LogP contribution in [0.4, 0.5) is 0 Å². The molecule has 1 amide bonds. The van der Waals surface area contributed by atoms with Gasteiger partial charge in [-0.05, 0) is 25.7 Å². The largest absolute Gasteiger partial charge is 0.343 e. The van der Waals surface area contributed by atoms with E-state index in [9.17, 15) is 4.79 Å². The quantitative estimate of drug-likeness (QED) is 0.356. The second-order valence-electron chi connectivity index (χ2n) is 6.74. The molecule has 1 rings (SSSR count). The summed E-state index contributed by atoms with van der Waals surface area (Å²) in [5.74, 6) is 0.349. The number of carbonyl (C=O) groups excluding carboxylic acids is 1. The Hall–Kier alpha value is 0.170. The Labute approximate surface area is 152 Å². The molecule has 2 nitrogen and oxygen atoms in total. The Kier molecular flexibility index (Phi) is 12.4. The molecule has 136 valence electrons. The van der Waals surface area contributed by atoms with E-state index in [4.69, 9.17) is 0 Å². The van der Waals surface area contributed by atoms with Gasteiger partial charge in [-0.1, -0.05) is 80.9 Å². The molecule has 0 spiro atoms. The predicted molar refractivity (Wildman–Crippen MR) is 107 cm³/mol. The standard InChI is InChI=1S/C19H37NOS2/c1-4-7-9-11-17-13-15-20(19(21)6-3)16-14-18(23-22-17)12-10-8-5-2/h17-18H,4-16H2,1-3H3. The van der Waals surface area contributed by atoms with Crippen molar-refractivity contribution < 1.29 is 4.79 Å². The van der Waals surface area contributed by atoms with Crippen molar-refractivity contribution in [1.82, 2.24) is 4.90 Å². The summed E-state index contributed by atoms with van der Waals surface area (Å²) in [7, 11) is 4.25. The summed E-state index contributed by atoms with van der Waals surface area (Å²) < 4.78 is 0. The lowest BCUT2D eigenvalue weighted by Crippen LogP contribution is -2.34. The molecule has 1 heterocycles. The molecule has 1 aliphatic heterocycles. The first-order valence-corrected chi connectivity index (χ1v) is 12.1. The van der Waals surface area contributed by atoms with E-state index in [1.54, 1.807) is 0 Å². The van der Waals surface area contributed by atoms with E-state index in [0.29, 0.717) is 12.3 Å². The highest BCUT2D eigenvalue weighted by molar-refractivity contribution is 8.77. The van der Waals surface area contributed by atoms with Crippen LogP contribution in [0.25, 0.3) is 0 Å². The van der Waals surface area contributed by atoms with Crippen molar-refractivity contribution in [1.29, 1.82) is 0 Å². The molecule has 23 heavy (non-hydrogen) atoms. The second kappa shape index (κ2) is 13.5. The van der Waals surface area contributed by atoms with Crippen LogP contribution >= 0.6 is 21.6 Å². The van der Waals surface area contributed by atoms with Crippen LogP contribution in [0, 0.1) is 0 Å². The highest BCUT2D eigenvalue weighted by atomic mass is 33.1. The fraction of sp³-hybridized carbons (Fsp3) is 0.947. The Morgan fingerprint density at radius 3 is 1.74 bits per heavy atom. The van der Waals surface area contributed by atoms with Crippen molar-refractivity contribution in [2.75, 3.05) is 13.1 Å². The maximum atomic E-state index is 12.2. The molecular formula is C19H37NOS2. The zero-order valence-electron chi connectivity index (χ0n) is 15.5. The third-order valence-corrected chi connectivity index (χ3v) is 8.25. The van der Waals surface area contributed by atoms with Crippen molar-refractivity contribution in [2.45, 2.75) is 102 Å². The molecule has 0 saturated carbocycles. The van der Waals surface area contributed by atoms with Crippen molar-refractivity contribution in [2.24, 2.45) is 0 Å². The number of carbonyl (C=O) groups is 1. The Bertz CT molecular complexity index is 290. The van der Waals surface area contributed by atoms with E-state index in [1.807, 2.05) is 6.92 Å². The van der Waals surface area contributed by atoms with Gasteiger partial charge in [0.2, 0.25) is 5.91 Å². The summed E-state index contributed by atoms with van der Waals surface area (Å²) >= 11 is 0. The summed E-state index contributed by atoms with van der Waals surface area (Å²) in [5, 5.41) is 1.45. The average molecular weight is 360 g/mol. The van der Waals surface area contributed by atoms with Gasteiger partial charge in [0, 0.05) is 30.0 Å². The van der Waals surface area contributed by atoms with Crippen molar-refractivity contribution >= 4 is 27.5 Å². The monoisotopic (exact) mass is 359 g/mol. The van der Waals surface area contributed by atoms with Gasteiger partial charge in [-0.25, -0.2) is 0 Å². The highest BCUT2D eigenvalue weighted by Gasteiger charge is 2.22. The summed E-state index contributed by atoms with van der Waals surface area (Å²) in [6.07, 6.45) is 13.6. The number of rotatable bonds is 9. The lowest BCUT2D eigenvalue weighted by molar-refractivity contribution is -0.131. The van der Waals surface area contributed by atoms with Gasteiger partial charge in [-0.3, -0.25) is 4.79 Å². The Morgan fingerprint density at radius 2 is 1.35 bits per heavy atom. The molecule has 4 heteroatoms. The summed E-state index contributed by atoms with van der Waals surface area (Å²) in [6.45, 7) is 8.49. The van der Waals surface area contributed by atoms with Crippen LogP contribution < -0.4 is 0 Å². The van der Waals surface area contributed by atoms with E-state index in [0.717, 1.165) is 23.6 Å². The first-order valence-electron chi connectivity index (χ1n) is 9.81. The zero-order valence-corrected chi connectivity index (χ0v) is 17.2. The van der Waals surface area contributed by atoms with Crippen molar-refractivity contribution in [3.8, 4) is 0 Å². The third kappa shape index (κ3) is 9.28. The maximum Gasteiger partial charge on any atom is 0.222 e. The van der Waals surface area contributed by atoms with Crippen LogP contribution in [0.2, 0.25) is 0 Å². The highest BCUT2D eigenvalue weighted by Crippen LogP contribution is 2.39. The van der Waals surface area contributed by atoms with Gasteiger partial charge in [0.1, 0.15) is 0 Å². The van der Waals surface area contributed by atoms with Crippen molar-refractivity contribution in [3.63, 3.8) is 0 Å². The van der Waals surface area contributed by atoms with Gasteiger partial charge in [0.25, 0.3) is 0 Å². The zero-order chi connectivity index (χ0) is 16.9. The van der Waals surface area contributed by atoms with Crippen LogP contribution in [0.15, 0.2) is 0 Å². The Balaban J connectivity index is 2.56. The minimum atomic E-state index is 0.349. The molecule has 2 atom stereocenters. The van der Waals surface area contributed by atoms with Crippen LogP contribution in [0.1, 0.15) is 91.4 Å². The van der Waals surface area contributed by atoms with Gasteiger partial charge in [-0.2, -0.15) is 0 Å². The topological polar surface area (TPSA) is 20.3 Å². The maximum absolute atomic E-state index is 12.2. The summed E-state index contributed by atoms with van der Waals surface area (Å²) in [5.41, 5.74) is 0. The van der Waals surface area contributed by atoms with E-state index in [2.05, 4.69) is 40.3 Å². The lowest BCUT2D eigenvalue weighted by atomic mass is 10.1. The molecule has 0 radical (unpaired) electrons.